The molecule has 4 N–H and O–H groups in total. The van der Waals surface area contributed by atoms with E-state index in [0.29, 0.717) is 23.4 Å². The van der Waals surface area contributed by atoms with Gasteiger partial charge in [0.2, 0.25) is 5.91 Å². The average Bonchev–Trinajstić information content (AvgIpc) is 2.84. The van der Waals surface area contributed by atoms with E-state index < -0.39 is 0 Å². The highest BCUT2D eigenvalue weighted by Gasteiger charge is 2.05. The molecule has 0 aliphatic heterocycles. The molecule has 0 heterocycles. The van der Waals surface area contributed by atoms with Crippen LogP contribution in [0.3, 0.4) is 0 Å². The van der Waals surface area contributed by atoms with Crippen LogP contribution in [0.1, 0.15) is 27.9 Å². The minimum Gasteiger partial charge on any atom is -0.508 e. The number of phenolic OH excluding ortho intramolecular Hbond substituents is 1. The molecule has 3 aromatic rings. The number of aromatic hydroxyl groups is 1. The van der Waals surface area contributed by atoms with Crippen LogP contribution in [0.5, 0.6) is 11.5 Å². The lowest BCUT2D eigenvalue weighted by Gasteiger charge is -2.07. The van der Waals surface area contributed by atoms with E-state index in [9.17, 15) is 14.7 Å². The molecule has 9 nitrogen and oxygen atoms in total. The van der Waals surface area contributed by atoms with Crippen LogP contribution in [0.25, 0.3) is 0 Å². The molecule has 0 saturated heterocycles. The molecule has 3 rings (SSSR count). The number of hydrogen-bond acceptors (Lipinski definition) is 7. The zero-order valence-corrected chi connectivity index (χ0v) is 18.6. The summed E-state index contributed by atoms with van der Waals surface area (Å²) in [5, 5.41) is 20.4. The van der Waals surface area contributed by atoms with Crippen LogP contribution in [-0.2, 0) is 4.79 Å². The average molecular weight is 460 g/mol. The van der Waals surface area contributed by atoms with Crippen LogP contribution in [0.2, 0.25) is 0 Å². The lowest BCUT2D eigenvalue weighted by atomic mass is 10.2. The summed E-state index contributed by atoms with van der Waals surface area (Å²) in [4.78, 5) is 24.1. The molecule has 0 atom stereocenters. The van der Waals surface area contributed by atoms with Gasteiger partial charge in [0, 0.05) is 24.2 Å². The van der Waals surface area contributed by atoms with Gasteiger partial charge >= 0.3 is 0 Å². The molecule has 2 amide bonds. The largest absolute Gasteiger partial charge is 0.508 e. The lowest BCUT2D eigenvalue weighted by molar-refractivity contribution is -0.120. The van der Waals surface area contributed by atoms with Gasteiger partial charge in [-0.15, -0.1) is 0 Å². The van der Waals surface area contributed by atoms with Crippen molar-refractivity contribution in [2.24, 2.45) is 10.2 Å². The Kier molecular flexibility index (Phi) is 8.75. The monoisotopic (exact) mass is 459 g/mol. The van der Waals surface area contributed by atoms with E-state index in [1.807, 2.05) is 24.3 Å². The Morgan fingerprint density at radius 3 is 2.29 bits per heavy atom. The number of carbonyl (C=O) groups excluding carboxylic acids is 2. The first-order chi connectivity index (χ1) is 16.5. The predicted molar refractivity (Wildman–Crippen MR) is 131 cm³/mol. The summed E-state index contributed by atoms with van der Waals surface area (Å²) in [6.07, 6.45) is 3.21. The van der Waals surface area contributed by atoms with Crippen molar-refractivity contribution in [3.63, 3.8) is 0 Å². The first kappa shape index (κ1) is 24.0. The second kappa shape index (κ2) is 12.4. The number of benzene rings is 3. The molecule has 9 heteroatoms. The molecule has 0 aromatic heterocycles. The number of nitrogens with zero attached hydrogens (tertiary/aromatic N) is 2. The van der Waals surface area contributed by atoms with E-state index in [-0.39, 0.29) is 24.0 Å². The number of methoxy groups -OCH3 is 1. The summed E-state index contributed by atoms with van der Waals surface area (Å²) in [7, 11) is 1.59. The molecule has 0 radical (unpaired) electrons. The van der Waals surface area contributed by atoms with Crippen molar-refractivity contribution in [1.29, 1.82) is 0 Å². The summed E-state index contributed by atoms with van der Waals surface area (Å²) >= 11 is 0. The molecule has 0 aliphatic carbocycles. The second-order valence-corrected chi connectivity index (χ2v) is 7.12. The van der Waals surface area contributed by atoms with Gasteiger partial charge in [0.15, 0.2) is 0 Å². The molecule has 3 aromatic carbocycles. The van der Waals surface area contributed by atoms with Gasteiger partial charge in [0.25, 0.3) is 5.91 Å². The van der Waals surface area contributed by atoms with Crippen molar-refractivity contribution in [3.8, 4) is 11.5 Å². The number of hydrazone groups is 2. The van der Waals surface area contributed by atoms with E-state index in [1.54, 1.807) is 55.8 Å². The Hall–Kier alpha value is -4.66. The Labute approximate surface area is 197 Å². The number of nitrogens with one attached hydrogen (secondary N) is 3. The number of carbonyl (C=O) groups is 2. The zero-order valence-electron chi connectivity index (χ0n) is 18.6. The Morgan fingerprint density at radius 1 is 0.912 bits per heavy atom. The summed E-state index contributed by atoms with van der Waals surface area (Å²) in [6.45, 7) is 0.403. The van der Waals surface area contributed by atoms with Gasteiger partial charge < -0.3 is 15.2 Å². The van der Waals surface area contributed by atoms with Gasteiger partial charge in [-0.3, -0.25) is 9.59 Å². The fourth-order valence-corrected chi connectivity index (χ4v) is 2.85. The fraction of sp³-hybridized carbons (Fsp3) is 0.120. The Bertz CT molecular complexity index is 1180. The maximum absolute atomic E-state index is 12.2. The molecule has 0 unspecified atom stereocenters. The minimum absolute atomic E-state index is 0.122. The molecular weight excluding hydrogens is 434 g/mol. The molecule has 0 bridgehead atoms. The lowest BCUT2D eigenvalue weighted by Crippen LogP contribution is -2.20. The second-order valence-electron chi connectivity index (χ2n) is 7.12. The highest BCUT2D eigenvalue weighted by molar-refractivity contribution is 5.95. The molecule has 0 saturated carbocycles. The highest BCUT2D eigenvalue weighted by Crippen LogP contribution is 2.11. The van der Waals surface area contributed by atoms with Crippen LogP contribution in [0, 0.1) is 0 Å². The van der Waals surface area contributed by atoms with Crippen LogP contribution in [-0.4, -0.2) is 43.0 Å². The molecule has 34 heavy (non-hydrogen) atoms. The van der Waals surface area contributed by atoms with E-state index in [0.717, 1.165) is 11.3 Å². The van der Waals surface area contributed by atoms with Crippen LogP contribution >= 0.6 is 0 Å². The first-order valence-corrected chi connectivity index (χ1v) is 10.5. The van der Waals surface area contributed by atoms with Crippen molar-refractivity contribution in [1.82, 2.24) is 10.9 Å². The van der Waals surface area contributed by atoms with E-state index in [4.69, 9.17) is 4.74 Å². The SMILES string of the molecule is COc1cccc(/C=N/NC(=O)CCNc2ccc(C(=O)N/N=C/c3cccc(O)c3)cc2)c1. The number of ether oxygens (including phenoxy) is 1. The van der Waals surface area contributed by atoms with Gasteiger partial charge in [0.1, 0.15) is 11.5 Å². The third-order valence-electron chi connectivity index (χ3n) is 4.57. The summed E-state index contributed by atoms with van der Waals surface area (Å²) < 4.78 is 5.14. The van der Waals surface area contributed by atoms with Crippen molar-refractivity contribution in [2.45, 2.75) is 6.42 Å². The van der Waals surface area contributed by atoms with Crippen molar-refractivity contribution in [3.05, 3.63) is 89.5 Å². The molecule has 0 aliphatic rings. The van der Waals surface area contributed by atoms with Gasteiger partial charge in [-0.1, -0.05) is 24.3 Å². The number of rotatable bonds is 10. The van der Waals surface area contributed by atoms with E-state index in [2.05, 4.69) is 26.4 Å². The van der Waals surface area contributed by atoms with Crippen molar-refractivity contribution < 1.29 is 19.4 Å². The van der Waals surface area contributed by atoms with Gasteiger partial charge in [-0.25, -0.2) is 10.9 Å². The van der Waals surface area contributed by atoms with Crippen LogP contribution in [0.15, 0.2) is 83.0 Å². The fourth-order valence-electron chi connectivity index (χ4n) is 2.85. The summed E-state index contributed by atoms with van der Waals surface area (Å²) in [5.74, 6) is 0.240. The van der Waals surface area contributed by atoms with Crippen LogP contribution in [0.4, 0.5) is 5.69 Å². The van der Waals surface area contributed by atoms with Gasteiger partial charge in [0.05, 0.1) is 19.5 Å². The smallest absolute Gasteiger partial charge is 0.271 e. The highest BCUT2D eigenvalue weighted by atomic mass is 16.5. The molecule has 174 valence electrons. The van der Waals surface area contributed by atoms with Gasteiger partial charge in [-0.2, -0.15) is 10.2 Å². The molecular formula is C25H25N5O4. The Balaban J connectivity index is 1.39. The molecule has 0 fully saturated rings. The molecule has 0 spiro atoms. The topological polar surface area (TPSA) is 124 Å². The standard InChI is InChI=1S/C25H25N5O4/c1-34-23-7-3-5-19(15-23)17-27-29-24(32)12-13-26-21-10-8-20(9-11-21)25(33)30-28-16-18-4-2-6-22(31)14-18/h2-11,14-17,26,31H,12-13H2,1H3,(H,29,32)(H,30,33)/b27-17+,28-16+. The third-order valence-corrected chi connectivity index (χ3v) is 4.57. The number of hydrogen-bond donors (Lipinski definition) is 4. The maximum atomic E-state index is 12.2. The third kappa shape index (κ3) is 7.79. The van der Waals surface area contributed by atoms with Crippen LogP contribution < -0.4 is 20.9 Å². The first-order valence-electron chi connectivity index (χ1n) is 10.5. The quantitative estimate of drug-likeness (QED) is 0.274. The maximum Gasteiger partial charge on any atom is 0.271 e. The van der Waals surface area contributed by atoms with Crippen molar-refractivity contribution in [2.75, 3.05) is 19.0 Å². The van der Waals surface area contributed by atoms with E-state index >= 15 is 0 Å². The van der Waals surface area contributed by atoms with E-state index in [1.165, 1.54) is 12.3 Å². The minimum atomic E-state index is -0.365. The Morgan fingerprint density at radius 2 is 1.59 bits per heavy atom. The summed E-state index contributed by atoms with van der Waals surface area (Å²) in [6, 6.07) is 20.6. The summed E-state index contributed by atoms with van der Waals surface area (Å²) in [5.41, 5.74) is 7.60. The normalized spacial score (nSPS) is 10.9. The van der Waals surface area contributed by atoms with Crippen molar-refractivity contribution >= 4 is 29.9 Å². The predicted octanol–water partition coefficient (Wildman–Crippen LogP) is 3.12. The number of phenols is 1. The zero-order chi connectivity index (χ0) is 24.2. The number of amides is 2. The number of anilines is 1. The van der Waals surface area contributed by atoms with Gasteiger partial charge in [-0.05, 0) is 59.7 Å².